The monoisotopic (exact) mass is 200 g/mol. The van der Waals surface area contributed by atoms with Crippen LogP contribution in [-0.2, 0) is 0 Å². The SMILES string of the molecule is CC1CCCCCCCCCCS1. The van der Waals surface area contributed by atoms with Crippen LogP contribution in [0.15, 0.2) is 0 Å². The zero-order valence-electron chi connectivity index (χ0n) is 9.06. The van der Waals surface area contributed by atoms with Crippen LogP contribution in [0.2, 0.25) is 0 Å². The fourth-order valence-electron chi connectivity index (χ4n) is 1.96. The van der Waals surface area contributed by atoms with Crippen LogP contribution in [0, 0.1) is 0 Å². The first-order valence-corrected chi connectivity index (χ1v) is 7.06. The first kappa shape index (κ1) is 11.4. The van der Waals surface area contributed by atoms with Gasteiger partial charge in [-0.05, 0) is 18.6 Å². The van der Waals surface area contributed by atoms with Gasteiger partial charge in [-0.2, -0.15) is 11.8 Å². The molecule has 1 heteroatoms. The minimum atomic E-state index is 0.916. The fourth-order valence-corrected chi connectivity index (χ4v) is 3.07. The summed E-state index contributed by atoms with van der Waals surface area (Å²) in [6, 6.07) is 0. The lowest BCUT2D eigenvalue weighted by atomic mass is 10.1. The molecule has 0 amide bonds. The van der Waals surface area contributed by atoms with Crippen LogP contribution in [0.25, 0.3) is 0 Å². The van der Waals surface area contributed by atoms with E-state index in [1.54, 1.807) is 0 Å². The van der Waals surface area contributed by atoms with E-state index in [2.05, 4.69) is 18.7 Å². The Balaban J connectivity index is 2.11. The van der Waals surface area contributed by atoms with E-state index in [9.17, 15) is 0 Å². The Morgan fingerprint density at radius 2 is 1.31 bits per heavy atom. The molecule has 0 spiro atoms. The Morgan fingerprint density at radius 1 is 0.769 bits per heavy atom. The van der Waals surface area contributed by atoms with Crippen molar-refractivity contribution >= 4 is 11.8 Å². The van der Waals surface area contributed by atoms with Gasteiger partial charge in [0.15, 0.2) is 0 Å². The van der Waals surface area contributed by atoms with Crippen LogP contribution in [0.1, 0.15) is 64.7 Å². The summed E-state index contributed by atoms with van der Waals surface area (Å²) in [5.74, 6) is 1.40. The van der Waals surface area contributed by atoms with Gasteiger partial charge in [0.25, 0.3) is 0 Å². The molecule has 1 atom stereocenters. The molecule has 1 unspecified atom stereocenters. The molecule has 0 nitrogen and oxygen atoms in total. The van der Waals surface area contributed by atoms with Gasteiger partial charge in [-0.15, -0.1) is 0 Å². The van der Waals surface area contributed by atoms with Crippen LogP contribution in [0.3, 0.4) is 0 Å². The summed E-state index contributed by atoms with van der Waals surface area (Å²) in [5.41, 5.74) is 0. The van der Waals surface area contributed by atoms with E-state index in [1.165, 1.54) is 63.5 Å². The molecule has 1 heterocycles. The Bertz CT molecular complexity index is 99.7. The van der Waals surface area contributed by atoms with Crippen molar-refractivity contribution in [2.45, 2.75) is 70.0 Å². The Labute approximate surface area is 87.9 Å². The van der Waals surface area contributed by atoms with E-state index >= 15 is 0 Å². The lowest BCUT2D eigenvalue weighted by Gasteiger charge is -2.12. The molecule has 1 saturated heterocycles. The molecule has 0 aromatic carbocycles. The Morgan fingerprint density at radius 3 is 2.00 bits per heavy atom. The van der Waals surface area contributed by atoms with E-state index in [0.29, 0.717) is 0 Å². The molecule has 0 radical (unpaired) electrons. The van der Waals surface area contributed by atoms with Gasteiger partial charge in [0.1, 0.15) is 0 Å². The van der Waals surface area contributed by atoms with Crippen molar-refractivity contribution in [3.63, 3.8) is 0 Å². The van der Waals surface area contributed by atoms with E-state index in [-0.39, 0.29) is 0 Å². The predicted octanol–water partition coefficient (Wildman–Crippen LogP) is 4.63. The smallest absolute Gasteiger partial charge is 0.00187 e. The Hall–Kier alpha value is 0.350. The highest BCUT2D eigenvalue weighted by atomic mass is 32.2. The number of rotatable bonds is 0. The second kappa shape index (κ2) is 7.73. The summed E-state index contributed by atoms with van der Waals surface area (Å²) in [6.45, 7) is 2.40. The van der Waals surface area contributed by atoms with E-state index < -0.39 is 0 Å². The summed E-state index contributed by atoms with van der Waals surface area (Å²) >= 11 is 2.19. The van der Waals surface area contributed by atoms with Gasteiger partial charge < -0.3 is 0 Å². The quantitative estimate of drug-likeness (QED) is 0.549. The lowest BCUT2D eigenvalue weighted by Crippen LogP contribution is -1.98. The van der Waals surface area contributed by atoms with Gasteiger partial charge in [-0.25, -0.2) is 0 Å². The summed E-state index contributed by atoms with van der Waals surface area (Å²) in [5, 5.41) is 0.916. The van der Waals surface area contributed by atoms with Crippen LogP contribution in [0.5, 0.6) is 0 Å². The molecule has 0 N–H and O–H groups in total. The van der Waals surface area contributed by atoms with Crippen molar-refractivity contribution in [3.05, 3.63) is 0 Å². The normalized spacial score (nSPS) is 28.8. The Kier molecular flexibility index (Phi) is 6.79. The van der Waals surface area contributed by atoms with Crippen molar-refractivity contribution in [2.75, 3.05) is 5.75 Å². The molecule has 1 aliphatic rings. The predicted molar refractivity (Wildman–Crippen MR) is 63.5 cm³/mol. The van der Waals surface area contributed by atoms with E-state index in [4.69, 9.17) is 0 Å². The molecule has 0 aromatic rings. The zero-order chi connectivity index (χ0) is 9.36. The number of hydrogen-bond acceptors (Lipinski definition) is 1. The van der Waals surface area contributed by atoms with Gasteiger partial charge in [0.05, 0.1) is 0 Å². The largest absolute Gasteiger partial charge is 0.159 e. The van der Waals surface area contributed by atoms with Gasteiger partial charge in [0, 0.05) is 5.25 Å². The third kappa shape index (κ3) is 6.42. The molecular weight excluding hydrogens is 176 g/mol. The average Bonchev–Trinajstić information content (AvgIpc) is 2.11. The van der Waals surface area contributed by atoms with Crippen LogP contribution >= 0.6 is 11.8 Å². The zero-order valence-corrected chi connectivity index (χ0v) is 9.87. The second-order valence-corrected chi connectivity index (χ2v) is 5.84. The van der Waals surface area contributed by atoms with E-state index in [1.807, 2.05) is 0 Å². The van der Waals surface area contributed by atoms with Crippen LogP contribution in [-0.4, -0.2) is 11.0 Å². The minimum absolute atomic E-state index is 0.916. The highest BCUT2D eigenvalue weighted by molar-refractivity contribution is 7.99. The molecule has 1 fully saturated rings. The lowest BCUT2D eigenvalue weighted by molar-refractivity contribution is 0.561. The standard InChI is InChI=1S/C12H24S/c1-12-10-8-6-4-2-3-5-7-9-11-13-12/h12H,2-11H2,1H3. The molecule has 0 aliphatic carbocycles. The topological polar surface area (TPSA) is 0 Å². The molecule has 13 heavy (non-hydrogen) atoms. The summed E-state index contributed by atoms with van der Waals surface area (Å²) in [6.07, 6.45) is 13.3. The van der Waals surface area contributed by atoms with Gasteiger partial charge in [0.2, 0.25) is 0 Å². The average molecular weight is 200 g/mol. The summed E-state index contributed by atoms with van der Waals surface area (Å²) in [7, 11) is 0. The second-order valence-electron chi connectivity index (χ2n) is 4.30. The van der Waals surface area contributed by atoms with E-state index in [0.717, 1.165) is 5.25 Å². The first-order chi connectivity index (χ1) is 6.39. The summed E-state index contributed by atoms with van der Waals surface area (Å²) < 4.78 is 0. The van der Waals surface area contributed by atoms with Crippen molar-refractivity contribution in [2.24, 2.45) is 0 Å². The van der Waals surface area contributed by atoms with Crippen molar-refractivity contribution < 1.29 is 0 Å². The maximum absolute atomic E-state index is 2.40. The maximum atomic E-state index is 2.40. The molecule has 0 aromatic heterocycles. The minimum Gasteiger partial charge on any atom is -0.159 e. The van der Waals surface area contributed by atoms with Gasteiger partial charge in [-0.1, -0.05) is 51.9 Å². The third-order valence-electron chi connectivity index (χ3n) is 2.91. The van der Waals surface area contributed by atoms with Crippen LogP contribution in [0.4, 0.5) is 0 Å². The molecule has 78 valence electrons. The molecular formula is C12H24S. The van der Waals surface area contributed by atoms with Gasteiger partial charge in [-0.3, -0.25) is 0 Å². The van der Waals surface area contributed by atoms with Crippen molar-refractivity contribution in [3.8, 4) is 0 Å². The summed E-state index contributed by atoms with van der Waals surface area (Å²) in [4.78, 5) is 0. The van der Waals surface area contributed by atoms with Crippen molar-refractivity contribution in [1.82, 2.24) is 0 Å². The highest BCUT2D eigenvalue weighted by Gasteiger charge is 2.03. The molecule has 0 saturated carbocycles. The molecule has 1 aliphatic heterocycles. The highest BCUT2D eigenvalue weighted by Crippen LogP contribution is 2.21. The molecule has 1 rings (SSSR count). The van der Waals surface area contributed by atoms with Crippen LogP contribution < -0.4 is 0 Å². The molecule has 0 bridgehead atoms. The number of hydrogen-bond donors (Lipinski definition) is 0. The first-order valence-electron chi connectivity index (χ1n) is 6.01. The van der Waals surface area contributed by atoms with Crippen molar-refractivity contribution in [1.29, 1.82) is 0 Å². The van der Waals surface area contributed by atoms with Gasteiger partial charge >= 0.3 is 0 Å². The maximum Gasteiger partial charge on any atom is 0.00187 e. The number of thioether (sulfide) groups is 1. The fraction of sp³-hybridized carbons (Fsp3) is 1.00. The third-order valence-corrected chi connectivity index (χ3v) is 4.24.